The fraction of sp³-hybridized carbons (Fsp3) is 0.700. The molecule has 3 N–H and O–H groups in total. The number of guanidine groups is 1. The summed E-state index contributed by atoms with van der Waals surface area (Å²) in [4.78, 5) is 8.98. The zero-order valence-electron chi connectivity index (χ0n) is 17.3. The first-order valence-electron chi connectivity index (χ1n) is 9.83. The predicted octanol–water partition coefficient (Wildman–Crippen LogP) is 2.35. The third-order valence-corrected chi connectivity index (χ3v) is 4.90. The van der Waals surface area contributed by atoms with Crippen molar-refractivity contribution in [2.24, 2.45) is 10.4 Å². The molecule has 0 atom stereocenters. The number of aliphatic hydroxyl groups is 1. The number of nitrogens with one attached hydrogen (secondary N) is 2. The number of aliphatic hydroxyl groups excluding tert-OH is 1. The van der Waals surface area contributed by atoms with E-state index < -0.39 is 0 Å². The summed E-state index contributed by atoms with van der Waals surface area (Å²) >= 11 is 0. The monoisotopic (exact) mass is 380 g/mol. The Labute approximate surface area is 163 Å². The molecule has 0 aromatic carbocycles. The van der Waals surface area contributed by atoms with E-state index in [1.54, 1.807) is 13.3 Å². The molecule has 7 nitrogen and oxygen atoms in total. The maximum Gasteiger partial charge on any atom is 0.218 e. The standard InChI is InChI=1S/C20H36N4O3/c1-5-20(6-2,10-12-25)16-24-19(21-7-3)23-15-17-9-8-11-22-18(17)27-14-13-26-4/h8-9,11,25H,5-7,10,12-16H2,1-4H3,(H2,21,23,24). The Morgan fingerprint density at radius 1 is 1.22 bits per heavy atom. The molecule has 0 aliphatic rings. The Morgan fingerprint density at radius 2 is 2.00 bits per heavy atom. The van der Waals surface area contributed by atoms with Gasteiger partial charge in [-0.1, -0.05) is 19.9 Å². The summed E-state index contributed by atoms with van der Waals surface area (Å²) in [6.45, 7) is 9.59. The summed E-state index contributed by atoms with van der Waals surface area (Å²) in [5, 5.41) is 16.1. The SMILES string of the molecule is CCNC(=NCc1cccnc1OCCOC)NCC(CC)(CC)CCO. The van der Waals surface area contributed by atoms with Crippen LogP contribution in [0.25, 0.3) is 0 Å². The normalized spacial score (nSPS) is 12.1. The van der Waals surface area contributed by atoms with Crippen molar-refractivity contribution in [2.75, 3.05) is 40.0 Å². The van der Waals surface area contributed by atoms with Crippen LogP contribution in [0.5, 0.6) is 5.88 Å². The molecular formula is C20H36N4O3. The highest BCUT2D eigenvalue weighted by molar-refractivity contribution is 5.79. The summed E-state index contributed by atoms with van der Waals surface area (Å²) in [5.41, 5.74) is 1.01. The average molecular weight is 381 g/mol. The lowest BCUT2D eigenvalue weighted by atomic mass is 9.79. The van der Waals surface area contributed by atoms with Crippen LogP contribution < -0.4 is 15.4 Å². The molecule has 1 heterocycles. The molecule has 0 aliphatic carbocycles. The third kappa shape index (κ3) is 8.13. The second kappa shape index (κ2) is 13.3. The molecule has 0 spiro atoms. The van der Waals surface area contributed by atoms with Gasteiger partial charge in [-0.3, -0.25) is 0 Å². The molecule has 0 fully saturated rings. The zero-order chi connectivity index (χ0) is 20.0. The lowest BCUT2D eigenvalue weighted by Gasteiger charge is -2.32. The first-order chi connectivity index (χ1) is 13.1. The average Bonchev–Trinajstić information content (AvgIpc) is 2.70. The van der Waals surface area contributed by atoms with Crippen molar-refractivity contribution >= 4 is 5.96 Å². The van der Waals surface area contributed by atoms with Crippen LogP contribution in [-0.2, 0) is 11.3 Å². The van der Waals surface area contributed by atoms with Crippen LogP contribution in [0.15, 0.2) is 23.3 Å². The van der Waals surface area contributed by atoms with E-state index in [4.69, 9.17) is 9.47 Å². The van der Waals surface area contributed by atoms with E-state index in [0.717, 1.165) is 43.9 Å². The fourth-order valence-electron chi connectivity index (χ4n) is 2.85. The minimum Gasteiger partial charge on any atom is -0.475 e. The van der Waals surface area contributed by atoms with Crippen LogP contribution in [0.4, 0.5) is 0 Å². The molecule has 0 amide bonds. The van der Waals surface area contributed by atoms with E-state index in [1.165, 1.54) is 0 Å². The summed E-state index contributed by atoms with van der Waals surface area (Å²) < 4.78 is 10.7. The number of hydrogen-bond donors (Lipinski definition) is 3. The number of ether oxygens (including phenoxy) is 2. The van der Waals surface area contributed by atoms with Gasteiger partial charge in [-0.2, -0.15) is 0 Å². The molecule has 154 valence electrons. The van der Waals surface area contributed by atoms with E-state index in [-0.39, 0.29) is 12.0 Å². The molecule has 1 rings (SSSR count). The van der Waals surface area contributed by atoms with Crippen molar-refractivity contribution in [2.45, 2.75) is 46.6 Å². The molecule has 7 heteroatoms. The van der Waals surface area contributed by atoms with Crippen molar-refractivity contribution in [3.8, 4) is 5.88 Å². The van der Waals surface area contributed by atoms with Crippen LogP contribution in [-0.4, -0.2) is 56.1 Å². The van der Waals surface area contributed by atoms with Crippen LogP contribution in [0.1, 0.15) is 45.6 Å². The van der Waals surface area contributed by atoms with E-state index in [9.17, 15) is 5.11 Å². The number of pyridine rings is 1. The number of rotatable bonds is 13. The number of aliphatic imine (C=N–C) groups is 1. The summed E-state index contributed by atoms with van der Waals surface area (Å²) in [6.07, 6.45) is 4.52. The first kappa shape index (κ1) is 23.2. The third-order valence-electron chi connectivity index (χ3n) is 4.90. The summed E-state index contributed by atoms with van der Waals surface area (Å²) in [5.74, 6) is 1.35. The van der Waals surface area contributed by atoms with Crippen molar-refractivity contribution in [3.63, 3.8) is 0 Å². The molecular weight excluding hydrogens is 344 g/mol. The van der Waals surface area contributed by atoms with Gasteiger partial charge in [-0.15, -0.1) is 0 Å². The van der Waals surface area contributed by atoms with Crippen molar-refractivity contribution in [1.82, 2.24) is 15.6 Å². The van der Waals surface area contributed by atoms with Gasteiger partial charge in [-0.05, 0) is 37.7 Å². The van der Waals surface area contributed by atoms with Gasteiger partial charge in [0, 0.05) is 38.6 Å². The topological polar surface area (TPSA) is 88.0 Å². The summed E-state index contributed by atoms with van der Waals surface area (Å²) in [6, 6.07) is 3.85. The molecule has 27 heavy (non-hydrogen) atoms. The van der Waals surface area contributed by atoms with Gasteiger partial charge < -0.3 is 25.2 Å². The maximum absolute atomic E-state index is 9.40. The van der Waals surface area contributed by atoms with Gasteiger partial charge in [0.2, 0.25) is 5.88 Å². The Balaban J connectivity index is 2.79. The molecule has 0 aliphatic heterocycles. The Kier molecular flexibility index (Phi) is 11.4. The van der Waals surface area contributed by atoms with E-state index in [0.29, 0.717) is 25.6 Å². The van der Waals surface area contributed by atoms with Crippen molar-refractivity contribution in [3.05, 3.63) is 23.9 Å². The van der Waals surface area contributed by atoms with Gasteiger partial charge >= 0.3 is 0 Å². The lowest BCUT2D eigenvalue weighted by molar-refractivity contribution is 0.143. The summed E-state index contributed by atoms with van der Waals surface area (Å²) in [7, 11) is 1.64. The van der Waals surface area contributed by atoms with E-state index in [1.807, 2.05) is 19.1 Å². The molecule has 0 bridgehead atoms. The second-order valence-corrected chi connectivity index (χ2v) is 6.54. The molecule has 1 aromatic heterocycles. The molecule has 0 saturated carbocycles. The quantitative estimate of drug-likeness (QED) is 0.277. The molecule has 1 aromatic rings. The molecule has 0 saturated heterocycles. The number of hydrogen-bond acceptors (Lipinski definition) is 5. The molecule has 0 radical (unpaired) electrons. The van der Waals surface area contributed by atoms with E-state index >= 15 is 0 Å². The Morgan fingerprint density at radius 3 is 2.63 bits per heavy atom. The Hall–Kier alpha value is -1.86. The van der Waals surface area contributed by atoms with E-state index in [2.05, 4.69) is 34.5 Å². The van der Waals surface area contributed by atoms with Gasteiger partial charge in [0.05, 0.1) is 13.2 Å². The van der Waals surface area contributed by atoms with Crippen molar-refractivity contribution < 1.29 is 14.6 Å². The van der Waals surface area contributed by atoms with Gasteiger partial charge in [-0.25, -0.2) is 9.98 Å². The second-order valence-electron chi connectivity index (χ2n) is 6.54. The van der Waals surface area contributed by atoms with Crippen LogP contribution in [0, 0.1) is 5.41 Å². The minimum absolute atomic E-state index is 0.0771. The highest BCUT2D eigenvalue weighted by atomic mass is 16.5. The number of nitrogens with zero attached hydrogens (tertiary/aromatic N) is 2. The van der Waals surface area contributed by atoms with Gasteiger partial charge in [0.1, 0.15) is 6.61 Å². The lowest BCUT2D eigenvalue weighted by Crippen LogP contribution is -2.43. The highest BCUT2D eigenvalue weighted by Crippen LogP contribution is 2.29. The highest BCUT2D eigenvalue weighted by Gasteiger charge is 2.25. The van der Waals surface area contributed by atoms with Crippen molar-refractivity contribution in [1.29, 1.82) is 0 Å². The molecule has 0 unspecified atom stereocenters. The smallest absolute Gasteiger partial charge is 0.218 e. The van der Waals surface area contributed by atoms with Crippen LogP contribution in [0.3, 0.4) is 0 Å². The van der Waals surface area contributed by atoms with Gasteiger partial charge in [0.25, 0.3) is 0 Å². The Bertz CT molecular complexity index is 548. The maximum atomic E-state index is 9.40. The van der Waals surface area contributed by atoms with Crippen LogP contribution >= 0.6 is 0 Å². The number of aromatic nitrogens is 1. The largest absolute Gasteiger partial charge is 0.475 e. The minimum atomic E-state index is 0.0771. The number of methoxy groups -OCH3 is 1. The van der Waals surface area contributed by atoms with Gasteiger partial charge in [0.15, 0.2) is 5.96 Å². The van der Waals surface area contributed by atoms with Crippen LogP contribution in [0.2, 0.25) is 0 Å². The zero-order valence-corrected chi connectivity index (χ0v) is 17.3. The first-order valence-corrected chi connectivity index (χ1v) is 9.83. The predicted molar refractivity (Wildman–Crippen MR) is 109 cm³/mol. The fourth-order valence-corrected chi connectivity index (χ4v) is 2.85.